The lowest BCUT2D eigenvalue weighted by Gasteiger charge is -2.10. The van der Waals surface area contributed by atoms with E-state index in [0.717, 1.165) is 11.3 Å². The van der Waals surface area contributed by atoms with E-state index < -0.39 is 0 Å². The van der Waals surface area contributed by atoms with Gasteiger partial charge >= 0.3 is 0 Å². The molecule has 0 aliphatic heterocycles. The molecule has 0 bridgehead atoms. The topological polar surface area (TPSA) is 72.7 Å². The Bertz CT molecular complexity index is 1130. The van der Waals surface area contributed by atoms with Crippen LogP contribution in [0.1, 0.15) is 16.1 Å². The molecule has 4 aromatic rings. The lowest BCUT2D eigenvalue weighted by molar-refractivity contribution is 0.102. The molecule has 0 saturated heterocycles. The molecule has 3 aromatic heterocycles. The minimum atomic E-state index is -0.270. The average Bonchev–Trinajstić information content (AvgIpc) is 2.98. The van der Waals surface area contributed by atoms with Crippen LogP contribution in [0.25, 0.3) is 22.2 Å². The molecule has 7 heteroatoms. The zero-order valence-corrected chi connectivity index (χ0v) is 15.5. The maximum atomic E-state index is 13.0. The molecule has 1 N–H and O–H groups in total. The first-order valence-electron chi connectivity index (χ1n) is 8.34. The molecule has 4 rings (SSSR count). The summed E-state index contributed by atoms with van der Waals surface area (Å²) in [5.41, 5.74) is 3.61. The summed E-state index contributed by atoms with van der Waals surface area (Å²) in [6.45, 7) is 1.92. The maximum absolute atomic E-state index is 13.0. The van der Waals surface area contributed by atoms with Crippen molar-refractivity contribution < 1.29 is 4.79 Å². The third kappa shape index (κ3) is 3.39. The van der Waals surface area contributed by atoms with E-state index >= 15 is 0 Å². The first-order chi connectivity index (χ1) is 13.0. The summed E-state index contributed by atoms with van der Waals surface area (Å²) in [6, 6.07) is 12.6. The summed E-state index contributed by atoms with van der Waals surface area (Å²) in [5.74, 6) is 0.225. The molecule has 0 spiro atoms. The van der Waals surface area contributed by atoms with Gasteiger partial charge in [0.1, 0.15) is 0 Å². The van der Waals surface area contributed by atoms with Crippen molar-refractivity contribution in [2.45, 2.75) is 6.92 Å². The van der Waals surface area contributed by atoms with E-state index in [-0.39, 0.29) is 5.91 Å². The number of rotatable bonds is 3. The van der Waals surface area contributed by atoms with Gasteiger partial charge in [-0.2, -0.15) is 5.10 Å². The van der Waals surface area contributed by atoms with Gasteiger partial charge < -0.3 is 5.32 Å². The zero-order chi connectivity index (χ0) is 19.0. The predicted octanol–water partition coefficient (Wildman–Crippen LogP) is 4.24. The average molecular weight is 378 g/mol. The summed E-state index contributed by atoms with van der Waals surface area (Å²) < 4.78 is 1.71. The summed E-state index contributed by atoms with van der Waals surface area (Å²) in [7, 11) is 1.83. The van der Waals surface area contributed by atoms with Gasteiger partial charge in [-0.1, -0.05) is 11.6 Å². The number of nitrogens with zero attached hydrogens (tertiary/aromatic N) is 4. The van der Waals surface area contributed by atoms with Crippen LogP contribution in [-0.2, 0) is 7.05 Å². The summed E-state index contributed by atoms with van der Waals surface area (Å²) in [4.78, 5) is 21.8. The summed E-state index contributed by atoms with van der Waals surface area (Å²) in [6.07, 6.45) is 3.41. The van der Waals surface area contributed by atoms with Crippen LogP contribution in [0.15, 0.2) is 54.9 Å². The smallest absolute Gasteiger partial charge is 0.257 e. The van der Waals surface area contributed by atoms with Gasteiger partial charge in [0.25, 0.3) is 5.91 Å². The molecule has 3 heterocycles. The number of anilines is 1. The van der Waals surface area contributed by atoms with Gasteiger partial charge in [-0.3, -0.25) is 14.5 Å². The lowest BCUT2D eigenvalue weighted by atomic mass is 10.0. The van der Waals surface area contributed by atoms with Crippen molar-refractivity contribution in [2.24, 2.45) is 7.05 Å². The summed E-state index contributed by atoms with van der Waals surface area (Å²) >= 11 is 6.15. The number of hydrogen-bond acceptors (Lipinski definition) is 4. The van der Waals surface area contributed by atoms with Crippen LogP contribution < -0.4 is 5.32 Å². The van der Waals surface area contributed by atoms with Crippen molar-refractivity contribution in [3.8, 4) is 11.3 Å². The highest BCUT2D eigenvalue weighted by molar-refractivity contribution is 6.31. The Morgan fingerprint density at radius 3 is 2.74 bits per heavy atom. The molecule has 1 amide bonds. The van der Waals surface area contributed by atoms with Crippen LogP contribution in [0.3, 0.4) is 0 Å². The van der Waals surface area contributed by atoms with Crippen LogP contribution in [0.5, 0.6) is 0 Å². The molecule has 0 unspecified atom stereocenters. The van der Waals surface area contributed by atoms with Gasteiger partial charge in [0.15, 0.2) is 5.82 Å². The quantitative estimate of drug-likeness (QED) is 0.579. The van der Waals surface area contributed by atoms with E-state index in [1.807, 2.05) is 32.2 Å². The number of pyridine rings is 2. The highest BCUT2D eigenvalue weighted by Gasteiger charge is 2.16. The fourth-order valence-electron chi connectivity index (χ4n) is 2.85. The van der Waals surface area contributed by atoms with Crippen LogP contribution in [0.2, 0.25) is 5.02 Å². The van der Waals surface area contributed by atoms with E-state index in [0.29, 0.717) is 33.0 Å². The van der Waals surface area contributed by atoms with Gasteiger partial charge in [0, 0.05) is 47.2 Å². The molecule has 0 atom stereocenters. The van der Waals surface area contributed by atoms with E-state index in [1.165, 1.54) is 0 Å². The number of amides is 1. The minimum absolute atomic E-state index is 0.270. The van der Waals surface area contributed by atoms with Crippen molar-refractivity contribution in [2.75, 3.05) is 5.32 Å². The van der Waals surface area contributed by atoms with Crippen molar-refractivity contribution in [1.29, 1.82) is 0 Å². The number of hydrogen-bond donors (Lipinski definition) is 1. The van der Waals surface area contributed by atoms with Gasteiger partial charge in [0.05, 0.1) is 16.8 Å². The molecule has 0 saturated carbocycles. The number of carbonyl (C=O) groups excluding carboxylic acids is 1. The Morgan fingerprint density at radius 2 is 2.04 bits per heavy atom. The maximum Gasteiger partial charge on any atom is 0.257 e. The van der Waals surface area contributed by atoms with E-state index in [4.69, 9.17) is 11.6 Å². The van der Waals surface area contributed by atoms with E-state index in [2.05, 4.69) is 20.4 Å². The van der Waals surface area contributed by atoms with Crippen molar-refractivity contribution >= 4 is 34.2 Å². The van der Waals surface area contributed by atoms with Crippen molar-refractivity contribution in [3.63, 3.8) is 0 Å². The number of halogens is 1. The Labute approximate surface area is 160 Å². The highest BCUT2D eigenvalue weighted by Crippen LogP contribution is 2.27. The normalized spacial score (nSPS) is 10.9. The number of carbonyl (C=O) groups is 1. The van der Waals surface area contributed by atoms with E-state index in [9.17, 15) is 4.79 Å². The third-order valence-corrected chi connectivity index (χ3v) is 4.56. The second-order valence-electron chi connectivity index (χ2n) is 6.21. The SMILES string of the molecule is Cc1cc(NC(=O)c2cc(-c3cccnc3)nc3ccc(Cl)cc23)nn1C. The lowest BCUT2D eigenvalue weighted by Crippen LogP contribution is -2.13. The first kappa shape index (κ1) is 17.2. The molecule has 134 valence electrons. The molecule has 0 aliphatic carbocycles. The molecule has 1 aromatic carbocycles. The third-order valence-electron chi connectivity index (χ3n) is 4.33. The largest absolute Gasteiger partial charge is 0.305 e. The van der Waals surface area contributed by atoms with Gasteiger partial charge in [-0.15, -0.1) is 0 Å². The summed E-state index contributed by atoms with van der Waals surface area (Å²) in [5, 5.41) is 8.36. The van der Waals surface area contributed by atoms with Gasteiger partial charge in [0.2, 0.25) is 0 Å². The fraction of sp³-hybridized carbons (Fsp3) is 0.100. The number of benzene rings is 1. The Balaban J connectivity index is 1.84. The zero-order valence-electron chi connectivity index (χ0n) is 14.8. The van der Waals surface area contributed by atoms with Crippen LogP contribution in [-0.4, -0.2) is 25.7 Å². The molecule has 6 nitrogen and oxygen atoms in total. The van der Waals surface area contributed by atoms with Crippen molar-refractivity contribution in [3.05, 3.63) is 71.1 Å². The number of nitrogens with one attached hydrogen (secondary N) is 1. The molecule has 0 fully saturated rings. The fourth-order valence-corrected chi connectivity index (χ4v) is 3.03. The second kappa shape index (κ2) is 6.81. The molecule has 0 radical (unpaired) electrons. The predicted molar refractivity (Wildman–Crippen MR) is 106 cm³/mol. The van der Waals surface area contributed by atoms with Gasteiger partial charge in [-0.25, -0.2) is 4.98 Å². The Morgan fingerprint density at radius 1 is 1.19 bits per heavy atom. The first-order valence-corrected chi connectivity index (χ1v) is 8.72. The molecular weight excluding hydrogens is 362 g/mol. The van der Waals surface area contributed by atoms with Crippen LogP contribution >= 0.6 is 11.6 Å². The monoisotopic (exact) mass is 377 g/mol. The van der Waals surface area contributed by atoms with Crippen molar-refractivity contribution in [1.82, 2.24) is 19.7 Å². The van der Waals surface area contributed by atoms with E-state index in [1.54, 1.807) is 41.3 Å². The molecular formula is C20H16ClN5O. The number of aromatic nitrogens is 4. The second-order valence-corrected chi connectivity index (χ2v) is 6.64. The minimum Gasteiger partial charge on any atom is -0.305 e. The van der Waals surface area contributed by atoms with Gasteiger partial charge in [-0.05, 0) is 43.3 Å². The number of fused-ring (bicyclic) bond motifs is 1. The number of aryl methyl sites for hydroxylation is 2. The highest BCUT2D eigenvalue weighted by atomic mass is 35.5. The molecule has 0 aliphatic rings. The molecule has 27 heavy (non-hydrogen) atoms. The Kier molecular flexibility index (Phi) is 4.33. The Hall–Kier alpha value is -3.25. The van der Waals surface area contributed by atoms with Crippen LogP contribution in [0, 0.1) is 6.92 Å². The standard InChI is InChI=1S/C20H16ClN5O/c1-12-8-19(25-26(12)2)24-20(27)16-10-18(13-4-3-7-22-11-13)23-17-6-5-14(21)9-15(16)17/h3-11H,1-2H3,(H,24,25,27). The van der Waals surface area contributed by atoms with Crippen LogP contribution in [0.4, 0.5) is 5.82 Å².